The van der Waals surface area contributed by atoms with Gasteiger partial charge >= 0.3 is 0 Å². The van der Waals surface area contributed by atoms with Gasteiger partial charge in [0, 0.05) is 11.7 Å². The zero-order chi connectivity index (χ0) is 21.9. The Hall–Kier alpha value is -3.17. The van der Waals surface area contributed by atoms with Crippen LogP contribution in [0.5, 0.6) is 0 Å². The molecule has 1 N–H and O–H groups in total. The van der Waals surface area contributed by atoms with E-state index in [1.165, 1.54) is 0 Å². The molecule has 0 saturated heterocycles. The van der Waals surface area contributed by atoms with E-state index in [1.54, 1.807) is 6.92 Å². The van der Waals surface area contributed by atoms with Gasteiger partial charge in [-0.3, -0.25) is 14.3 Å². The molecule has 30 heavy (non-hydrogen) atoms. The van der Waals surface area contributed by atoms with Gasteiger partial charge in [-0.25, -0.2) is 4.98 Å². The van der Waals surface area contributed by atoms with Crippen LogP contribution in [0, 0.1) is 17.2 Å². The zero-order valence-electron chi connectivity index (χ0n) is 18.3. The highest BCUT2D eigenvalue weighted by molar-refractivity contribution is 5.79. The summed E-state index contributed by atoms with van der Waals surface area (Å²) in [5.41, 5.74) is 3.33. The molecule has 2 aromatic carbocycles. The Balaban J connectivity index is 1.69. The van der Waals surface area contributed by atoms with Crippen molar-refractivity contribution in [1.29, 1.82) is 5.26 Å². The molecule has 0 saturated carbocycles. The Bertz CT molecular complexity index is 1060. The smallest absolute Gasteiger partial charge is 0.235 e. The molecule has 2 atom stereocenters. The number of rotatable bonds is 7. The summed E-state index contributed by atoms with van der Waals surface area (Å²) in [7, 11) is 1.92. The summed E-state index contributed by atoms with van der Waals surface area (Å²) in [6.45, 7) is 7.92. The molecule has 3 rings (SSSR count). The molecular formula is C24H29N5O. The molecule has 1 aromatic heterocycles. The number of nitrogens with one attached hydrogen (secondary N) is 1. The van der Waals surface area contributed by atoms with Crippen LogP contribution in [0.4, 0.5) is 0 Å². The van der Waals surface area contributed by atoms with Crippen LogP contribution < -0.4 is 5.32 Å². The van der Waals surface area contributed by atoms with Crippen LogP contribution in [0.2, 0.25) is 0 Å². The number of para-hydroxylation sites is 2. The molecule has 0 bridgehead atoms. The quantitative estimate of drug-likeness (QED) is 0.645. The van der Waals surface area contributed by atoms with E-state index in [-0.39, 0.29) is 24.4 Å². The highest BCUT2D eigenvalue weighted by Crippen LogP contribution is 2.23. The molecule has 3 aromatic rings. The van der Waals surface area contributed by atoms with Gasteiger partial charge in [-0.15, -0.1) is 0 Å². The van der Waals surface area contributed by atoms with Gasteiger partial charge in [-0.1, -0.05) is 38.1 Å². The van der Waals surface area contributed by atoms with Crippen LogP contribution in [0.25, 0.3) is 16.7 Å². The van der Waals surface area contributed by atoms with Crippen LogP contribution in [0.1, 0.15) is 39.3 Å². The maximum atomic E-state index is 12.5. The molecule has 0 unspecified atom stereocenters. The van der Waals surface area contributed by atoms with Crippen molar-refractivity contribution >= 4 is 16.9 Å². The first-order valence-corrected chi connectivity index (χ1v) is 10.2. The molecular weight excluding hydrogens is 374 g/mol. The second-order valence-corrected chi connectivity index (χ2v) is 8.30. The number of hydrogen-bond acceptors (Lipinski definition) is 4. The lowest BCUT2D eigenvalue weighted by atomic mass is 9.90. The zero-order valence-corrected chi connectivity index (χ0v) is 18.3. The number of carbonyl (C=O) groups is 1. The van der Waals surface area contributed by atoms with Crippen LogP contribution in [0.15, 0.2) is 54.9 Å². The van der Waals surface area contributed by atoms with E-state index in [9.17, 15) is 10.1 Å². The Labute approximate surface area is 178 Å². The summed E-state index contributed by atoms with van der Waals surface area (Å²) in [5.74, 6) is -0.121. The monoisotopic (exact) mass is 403 g/mol. The maximum Gasteiger partial charge on any atom is 0.235 e. The van der Waals surface area contributed by atoms with Crippen molar-refractivity contribution in [2.45, 2.75) is 39.3 Å². The van der Waals surface area contributed by atoms with Gasteiger partial charge in [-0.05, 0) is 56.6 Å². The Kier molecular flexibility index (Phi) is 6.23. The highest BCUT2D eigenvalue weighted by atomic mass is 16.2. The van der Waals surface area contributed by atoms with Crippen molar-refractivity contribution in [2.24, 2.45) is 5.92 Å². The standard InChI is InChI=1S/C24H29N5O/c1-17(2)24(4,15-25)27-23(30)14-28(5)18(3)19-10-12-20(13-11-19)29-16-26-21-8-6-7-9-22(21)29/h6-13,16-18H,14H2,1-5H3,(H,27,30)/t18-,24+/m0/s1. The number of benzene rings is 2. The van der Waals surface area contributed by atoms with Crippen LogP contribution >= 0.6 is 0 Å². The average Bonchev–Trinajstić information content (AvgIpc) is 3.17. The second kappa shape index (κ2) is 8.68. The van der Waals surface area contributed by atoms with Crippen molar-refractivity contribution in [3.05, 3.63) is 60.4 Å². The van der Waals surface area contributed by atoms with Gasteiger partial charge < -0.3 is 5.32 Å². The summed E-state index contributed by atoms with van der Waals surface area (Å²) in [6.07, 6.45) is 1.83. The molecule has 1 heterocycles. The molecule has 0 radical (unpaired) electrons. The summed E-state index contributed by atoms with van der Waals surface area (Å²) >= 11 is 0. The fourth-order valence-electron chi connectivity index (χ4n) is 3.33. The van der Waals surface area contributed by atoms with Crippen molar-refractivity contribution in [1.82, 2.24) is 19.8 Å². The molecule has 0 spiro atoms. The summed E-state index contributed by atoms with van der Waals surface area (Å²) < 4.78 is 2.07. The molecule has 0 aliphatic rings. The number of aromatic nitrogens is 2. The van der Waals surface area contributed by atoms with Gasteiger partial charge in [0.25, 0.3) is 0 Å². The SMILES string of the molecule is CC(C)[C@@](C)(C#N)NC(=O)CN(C)[C@@H](C)c1ccc(-n2cnc3ccccc32)cc1. The minimum Gasteiger partial charge on any atom is -0.337 e. The van der Waals surface area contributed by atoms with Crippen molar-refractivity contribution < 1.29 is 4.79 Å². The number of imidazole rings is 1. The van der Waals surface area contributed by atoms with Crippen molar-refractivity contribution in [3.8, 4) is 11.8 Å². The van der Waals surface area contributed by atoms with Gasteiger partial charge in [-0.2, -0.15) is 5.26 Å². The first-order valence-electron chi connectivity index (χ1n) is 10.2. The average molecular weight is 404 g/mol. The summed E-state index contributed by atoms with van der Waals surface area (Å²) in [4.78, 5) is 18.9. The Morgan fingerprint density at radius 1 is 1.20 bits per heavy atom. The highest BCUT2D eigenvalue weighted by Gasteiger charge is 2.30. The number of nitrogens with zero attached hydrogens (tertiary/aromatic N) is 4. The Morgan fingerprint density at radius 3 is 2.50 bits per heavy atom. The number of nitriles is 1. The molecule has 6 nitrogen and oxygen atoms in total. The van der Waals surface area contributed by atoms with Crippen molar-refractivity contribution in [2.75, 3.05) is 13.6 Å². The number of carbonyl (C=O) groups excluding carboxylic acids is 1. The second-order valence-electron chi connectivity index (χ2n) is 8.30. The van der Waals surface area contributed by atoms with E-state index in [4.69, 9.17) is 0 Å². The predicted octanol–water partition coefficient (Wildman–Crippen LogP) is 4.07. The molecule has 0 fully saturated rings. The van der Waals surface area contributed by atoms with E-state index in [1.807, 2.05) is 50.3 Å². The summed E-state index contributed by atoms with van der Waals surface area (Å²) in [5, 5.41) is 12.3. The first kappa shape index (κ1) is 21.5. The molecule has 0 aliphatic carbocycles. The molecule has 6 heteroatoms. The topological polar surface area (TPSA) is 74.0 Å². The van der Waals surface area contributed by atoms with Crippen molar-refractivity contribution in [3.63, 3.8) is 0 Å². The Morgan fingerprint density at radius 2 is 1.87 bits per heavy atom. The van der Waals surface area contributed by atoms with Crippen LogP contribution in [-0.4, -0.2) is 39.5 Å². The van der Waals surface area contributed by atoms with E-state index >= 15 is 0 Å². The lowest BCUT2D eigenvalue weighted by molar-refractivity contribution is -0.124. The third-order valence-corrected chi connectivity index (χ3v) is 5.95. The number of likely N-dealkylation sites (N-methyl/N-ethyl adjacent to an activating group) is 1. The minimum absolute atomic E-state index is 0.0287. The van der Waals surface area contributed by atoms with E-state index in [2.05, 4.69) is 58.2 Å². The summed E-state index contributed by atoms with van der Waals surface area (Å²) in [6, 6.07) is 18.6. The van der Waals surface area contributed by atoms with Gasteiger partial charge in [0.2, 0.25) is 5.91 Å². The van der Waals surface area contributed by atoms with Gasteiger partial charge in [0.1, 0.15) is 11.9 Å². The predicted molar refractivity (Wildman–Crippen MR) is 119 cm³/mol. The first-order chi connectivity index (χ1) is 14.2. The number of amides is 1. The molecule has 156 valence electrons. The minimum atomic E-state index is -0.865. The third-order valence-electron chi connectivity index (χ3n) is 5.95. The normalized spacial score (nSPS) is 14.5. The van der Waals surface area contributed by atoms with Crippen LogP contribution in [0.3, 0.4) is 0 Å². The maximum absolute atomic E-state index is 12.5. The van der Waals surface area contributed by atoms with Gasteiger partial charge in [0.15, 0.2) is 0 Å². The van der Waals surface area contributed by atoms with E-state index in [0.717, 1.165) is 22.3 Å². The third kappa shape index (κ3) is 4.37. The van der Waals surface area contributed by atoms with Gasteiger partial charge in [0.05, 0.1) is 23.6 Å². The fourth-order valence-corrected chi connectivity index (χ4v) is 3.33. The molecule has 0 aliphatic heterocycles. The lowest BCUT2D eigenvalue weighted by Crippen LogP contribution is -2.51. The van der Waals surface area contributed by atoms with E-state index in [0.29, 0.717) is 0 Å². The molecule has 1 amide bonds. The lowest BCUT2D eigenvalue weighted by Gasteiger charge is -2.30. The number of hydrogen-bond donors (Lipinski definition) is 1. The number of fused-ring (bicyclic) bond motifs is 1. The van der Waals surface area contributed by atoms with E-state index < -0.39 is 5.54 Å². The fraction of sp³-hybridized carbons (Fsp3) is 0.375. The van der Waals surface area contributed by atoms with Crippen LogP contribution in [-0.2, 0) is 4.79 Å². The largest absolute Gasteiger partial charge is 0.337 e.